The minimum absolute atomic E-state index is 0.0196. The third kappa shape index (κ3) is 3.67. The molecular formula is C22H22N8O3. The Labute approximate surface area is 188 Å². The maximum atomic E-state index is 12.5. The number of anilines is 1. The molecule has 0 unspecified atom stereocenters. The van der Waals surface area contributed by atoms with Gasteiger partial charge in [0.2, 0.25) is 11.7 Å². The number of benzene rings is 1. The molecule has 5 rings (SSSR count). The van der Waals surface area contributed by atoms with E-state index in [4.69, 9.17) is 4.74 Å². The molecule has 0 atom stereocenters. The molecule has 0 spiro atoms. The maximum Gasteiger partial charge on any atom is 0.253 e. The number of aromatic amines is 1. The number of nitrogens with one attached hydrogen (secondary N) is 3. The number of hydrogen-bond donors (Lipinski definition) is 3. The highest BCUT2D eigenvalue weighted by Crippen LogP contribution is 2.39. The van der Waals surface area contributed by atoms with Crippen molar-refractivity contribution in [3.63, 3.8) is 0 Å². The second-order valence-electron chi connectivity index (χ2n) is 7.82. The predicted molar refractivity (Wildman–Crippen MR) is 121 cm³/mol. The number of pyridine rings is 1. The van der Waals surface area contributed by atoms with Crippen LogP contribution in [0, 0.1) is 5.92 Å². The molecule has 4 aromatic rings. The molecule has 3 N–H and O–H groups in total. The van der Waals surface area contributed by atoms with Crippen molar-refractivity contribution in [2.75, 3.05) is 19.5 Å². The Kier molecular flexibility index (Phi) is 5.00. The third-order valence-corrected chi connectivity index (χ3v) is 5.59. The number of amides is 2. The fourth-order valence-electron chi connectivity index (χ4n) is 3.77. The number of methoxy groups -OCH3 is 1. The first-order chi connectivity index (χ1) is 16.0. The van der Waals surface area contributed by atoms with Gasteiger partial charge in [-0.3, -0.25) is 9.59 Å². The standard InChI is InChI=1S/C22H22N8O3/c1-23-22(32)15-10-24-20(26-21(31)11-7-8-11)17-14(15)9-16(25-17)12-5-4-6-13(18(12)33-3)19-27-29-30(2)28-19/h4-6,9-11,25H,7-8H2,1-3H3,(H,23,32)(H,24,26,31). The van der Waals surface area contributed by atoms with Gasteiger partial charge in [-0.05, 0) is 36.3 Å². The van der Waals surface area contributed by atoms with E-state index >= 15 is 0 Å². The van der Waals surface area contributed by atoms with E-state index in [9.17, 15) is 9.59 Å². The number of carbonyl (C=O) groups is 2. The second-order valence-corrected chi connectivity index (χ2v) is 7.82. The van der Waals surface area contributed by atoms with Gasteiger partial charge >= 0.3 is 0 Å². The molecule has 1 aromatic carbocycles. The predicted octanol–water partition coefficient (Wildman–Crippen LogP) is 2.14. The Balaban J connectivity index is 1.67. The lowest BCUT2D eigenvalue weighted by Crippen LogP contribution is -2.19. The van der Waals surface area contributed by atoms with Crippen LogP contribution in [-0.2, 0) is 11.8 Å². The summed E-state index contributed by atoms with van der Waals surface area (Å²) in [6.45, 7) is 0. The molecular weight excluding hydrogens is 424 g/mol. The first-order valence-corrected chi connectivity index (χ1v) is 10.5. The van der Waals surface area contributed by atoms with Gasteiger partial charge < -0.3 is 20.4 Å². The highest BCUT2D eigenvalue weighted by molar-refractivity contribution is 6.11. The number of para-hydroxylation sites is 1. The summed E-state index contributed by atoms with van der Waals surface area (Å²) in [6.07, 6.45) is 3.22. The van der Waals surface area contributed by atoms with Crippen LogP contribution < -0.4 is 15.4 Å². The average molecular weight is 446 g/mol. The van der Waals surface area contributed by atoms with Gasteiger partial charge in [-0.15, -0.1) is 10.2 Å². The molecule has 1 saturated carbocycles. The topological polar surface area (TPSA) is 140 Å². The van der Waals surface area contributed by atoms with Crippen LogP contribution >= 0.6 is 0 Å². The van der Waals surface area contributed by atoms with E-state index in [1.807, 2.05) is 24.3 Å². The van der Waals surface area contributed by atoms with Crippen molar-refractivity contribution in [1.29, 1.82) is 0 Å². The van der Waals surface area contributed by atoms with Crippen LogP contribution in [0.2, 0.25) is 0 Å². The maximum absolute atomic E-state index is 12.5. The monoisotopic (exact) mass is 446 g/mol. The van der Waals surface area contributed by atoms with E-state index in [2.05, 4.69) is 36.0 Å². The van der Waals surface area contributed by atoms with Crippen molar-refractivity contribution in [3.05, 3.63) is 36.0 Å². The van der Waals surface area contributed by atoms with Gasteiger partial charge in [0.05, 0.1) is 36.5 Å². The number of carbonyl (C=O) groups excluding carboxylic acids is 2. The number of rotatable bonds is 6. The number of tetrazole rings is 1. The lowest BCUT2D eigenvalue weighted by atomic mass is 10.0. The zero-order valence-corrected chi connectivity index (χ0v) is 18.3. The quantitative estimate of drug-likeness (QED) is 0.412. The lowest BCUT2D eigenvalue weighted by Gasteiger charge is -2.10. The van der Waals surface area contributed by atoms with E-state index in [0.29, 0.717) is 45.1 Å². The lowest BCUT2D eigenvalue weighted by molar-refractivity contribution is -0.117. The SMILES string of the molecule is CNC(=O)c1cnc(NC(=O)C2CC2)c2[nH]c(-c3cccc(-c4nnn(C)n4)c3OC)cc12. The van der Waals surface area contributed by atoms with Crippen molar-refractivity contribution < 1.29 is 14.3 Å². The molecule has 11 nitrogen and oxygen atoms in total. The molecule has 2 amide bonds. The Morgan fingerprint density at radius 2 is 2.03 bits per heavy atom. The number of nitrogens with zero attached hydrogens (tertiary/aromatic N) is 5. The Morgan fingerprint density at radius 3 is 2.70 bits per heavy atom. The Morgan fingerprint density at radius 1 is 1.24 bits per heavy atom. The van der Waals surface area contributed by atoms with Crippen molar-refractivity contribution in [1.82, 2.24) is 35.5 Å². The normalized spacial score (nSPS) is 13.2. The smallest absolute Gasteiger partial charge is 0.253 e. The molecule has 3 aromatic heterocycles. The van der Waals surface area contributed by atoms with Crippen LogP contribution in [0.5, 0.6) is 5.75 Å². The fourth-order valence-corrected chi connectivity index (χ4v) is 3.77. The highest BCUT2D eigenvalue weighted by Gasteiger charge is 2.30. The van der Waals surface area contributed by atoms with Gasteiger partial charge in [-0.2, -0.15) is 4.80 Å². The minimum Gasteiger partial charge on any atom is -0.495 e. The summed E-state index contributed by atoms with van der Waals surface area (Å²) in [4.78, 5) is 33.9. The van der Waals surface area contributed by atoms with Gasteiger partial charge in [0.15, 0.2) is 5.82 Å². The molecule has 0 saturated heterocycles. The van der Waals surface area contributed by atoms with Gasteiger partial charge in [0.25, 0.3) is 5.91 Å². The van der Waals surface area contributed by atoms with Crippen molar-refractivity contribution in [2.24, 2.45) is 13.0 Å². The molecule has 11 heteroatoms. The van der Waals surface area contributed by atoms with Crippen LogP contribution in [0.25, 0.3) is 33.5 Å². The number of H-pyrrole nitrogens is 1. The number of aryl methyl sites for hydroxylation is 1. The molecule has 0 bridgehead atoms. The van der Waals surface area contributed by atoms with E-state index in [0.717, 1.165) is 18.4 Å². The summed E-state index contributed by atoms with van der Waals surface area (Å²) in [7, 11) is 4.82. The number of hydrogen-bond acceptors (Lipinski definition) is 7. The van der Waals surface area contributed by atoms with E-state index in [-0.39, 0.29) is 17.7 Å². The first-order valence-electron chi connectivity index (χ1n) is 10.5. The van der Waals surface area contributed by atoms with Crippen LogP contribution in [0.4, 0.5) is 5.82 Å². The van der Waals surface area contributed by atoms with Crippen LogP contribution in [-0.4, -0.2) is 56.1 Å². The first kappa shape index (κ1) is 20.6. The zero-order valence-electron chi connectivity index (χ0n) is 18.3. The molecule has 1 fully saturated rings. The van der Waals surface area contributed by atoms with Gasteiger partial charge in [0.1, 0.15) is 5.75 Å². The Hall–Kier alpha value is -4.28. The molecule has 1 aliphatic carbocycles. The van der Waals surface area contributed by atoms with E-state index < -0.39 is 0 Å². The van der Waals surface area contributed by atoms with Gasteiger partial charge in [0, 0.05) is 30.1 Å². The molecule has 0 radical (unpaired) electrons. The summed E-state index contributed by atoms with van der Waals surface area (Å²) in [5, 5.41) is 18.4. The third-order valence-electron chi connectivity index (χ3n) is 5.59. The molecule has 3 heterocycles. The minimum atomic E-state index is -0.275. The summed E-state index contributed by atoms with van der Waals surface area (Å²) in [5.74, 6) is 1.04. The summed E-state index contributed by atoms with van der Waals surface area (Å²) >= 11 is 0. The van der Waals surface area contributed by atoms with Crippen LogP contribution in [0.3, 0.4) is 0 Å². The molecule has 33 heavy (non-hydrogen) atoms. The molecule has 0 aliphatic heterocycles. The van der Waals surface area contributed by atoms with Gasteiger partial charge in [-0.25, -0.2) is 4.98 Å². The van der Waals surface area contributed by atoms with Crippen molar-refractivity contribution in [3.8, 4) is 28.4 Å². The molecule has 1 aliphatic rings. The average Bonchev–Trinajstić information content (AvgIpc) is 3.44. The molecule has 168 valence electrons. The van der Waals surface area contributed by atoms with Crippen molar-refractivity contribution in [2.45, 2.75) is 12.8 Å². The largest absolute Gasteiger partial charge is 0.495 e. The number of aromatic nitrogens is 6. The second kappa shape index (κ2) is 8.01. The highest BCUT2D eigenvalue weighted by atomic mass is 16.5. The van der Waals surface area contributed by atoms with Crippen molar-refractivity contribution >= 4 is 28.5 Å². The van der Waals surface area contributed by atoms with E-state index in [1.165, 1.54) is 11.0 Å². The van der Waals surface area contributed by atoms with Gasteiger partial charge in [-0.1, -0.05) is 6.07 Å². The zero-order chi connectivity index (χ0) is 23.1. The Bertz CT molecular complexity index is 1390. The summed E-state index contributed by atoms with van der Waals surface area (Å²) in [5.41, 5.74) is 3.05. The van der Waals surface area contributed by atoms with E-state index in [1.54, 1.807) is 21.2 Å². The summed E-state index contributed by atoms with van der Waals surface area (Å²) in [6, 6.07) is 7.45. The number of ether oxygens (including phenoxy) is 1. The number of fused-ring (bicyclic) bond motifs is 1. The summed E-state index contributed by atoms with van der Waals surface area (Å²) < 4.78 is 5.72. The van der Waals surface area contributed by atoms with Crippen LogP contribution in [0.15, 0.2) is 30.5 Å². The van der Waals surface area contributed by atoms with Crippen LogP contribution in [0.1, 0.15) is 23.2 Å². The fraction of sp³-hybridized carbons (Fsp3) is 0.273.